The average molecular weight is 149 g/mol. The molecule has 2 unspecified atom stereocenters. The van der Waals surface area contributed by atoms with Crippen LogP contribution in [0.3, 0.4) is 0 Å². The SMILES string of the molecule is CC1Cc2ccncc2C1O. The van der Waals surface area contributed by atoms with Crippen molar-refractivity contribution in [1.82, 2.24) is 4.98 Å². The first-order valence-corrected chi connectivity index (χ1v) is 3.90. The molecule has 0 fully saturated rings. The second-order valence-corrected chi connectivity index (χ2v) is 3.20. The molecule has 0 aliphatic heterocycles. The zero-order valence-corrected chi connectivity index (χ0v) is 6.49. The molecule has 1 heterocycles. The van der Waals surface area contributed by atoms with Gasteiger partial charge >= 0.3 is 0 Å². The number of hydrogen-bond donors (Lipinski definition) is 1. The molecule has 1 aliphatic rings. The Balaban J connectivity index is 2.47. The summed E-state index contributed by atoms with van der Waals surface area (Å²) in [5, 5.41) is 9.61. The molecular formula is C9H11NO. The maximum absolute atomic E-state index is 9.61. The molecule has 0 amide bonds. The third-order valence-corrected chi connectivity index (χ3v) is 2.35. The van der Waals surface area contributed by atoms with Crippen molar-refractivity contribution in [2.45, 2.75) is 19.4 Å². The molecule has 2 nitrogen and oxygen atoms in total. The first-order valence-electron chi connectivity index (χ1n) is 3.90. The molecule has 1 aromatic rings. The predicted octanol–water partition coefficient (Wildman–Crippen LogP) is 1.31. The minimum absolute atomic E-state index is 0.293. The zero-order valence-electron chi connectivity index (χ0n) is 6.49. The highest BCUT2D eigenvalue weighted by Gasteiger charge is 2.26. The smallest absolute Gasteiger partial charge is 0.0836 e. The Kier molecular flexibility index (Phi) is 1.43. The predicted molar refractivity (Wildman–Crippen MR) is 42.1 cm³/mol. The normalized spacial score (nSPS) is 28.5. The van der Waals surface area contributed by atoms with Crippen LogP contribution in [0.25, 0.3) is 0 Å². The number of hydrogen-bond acceptors (Lipinski definition) is 2. The molecule has 1 N–H and O–H groups in total. The number of nitrogens with zero attached hydrogens (tertiary/aromatic N) is 1. The summed E-state index contributed by atoms with van der Waals surface area (Å²) < 4.78 is 0. The lowest BCUT2D eigenvalue weighted by Crippen LogP contribution is -2.01. The highest BCUT2D eigenvalue weighted by Crippen LogP contribution is 2.34. The summed E-state index contributed by atoms with van der Waals surface area (Å²) >= 11 is 0. The van der Waals surface area contributed by atoms with Crippen LogP contribution in [-0.4, -0.2) is 10.1 Å². The molecule has 11 heavy (non-hydrogen) atoms. The molecule has 0 aromatic carbocycles. The van der Waals surface area contributed by atoms with Gasteiger partial charge in [-0.15, -0.1) is 0 Å². The van der Waals surface area contributed by atoms with Gasteiger partial charge < -0.3 is 5.11 Å². The Morgan fingerprint density at radius 2 is 2.45 bits per heavy atom. The van der Waals surface area contributed by atoms with Crippen molar-refractivity contribution in [3.63, 3.8) is 0 Å². The molecule has 1 aliphatic carbocycles. The van der Waals surface area contributed by atoms with Crippen molar-refractivity contribution in [2.75, 3.05) is 0 Å². The zero-order chi connectivity index (χ0) is 7.84. The Morgan fingerprint density at radius 1 is 1.64 bits per heavy atom. The minimum atomic E-state index is -0.293. The van der Waals surface area contributed by atoms with Crippen molar-refractivity contribution in [1.29, 1.82) is 0 Å². The topological polar surface area (TPSA) is 33.1 Å². The van der Waals surface area contributed by atoms with E-state index in [9.17, 15) is 5.11 Å². The third kappa shape index (κ3) is 0.942. The van der Waals surface area contributed by atoms with Crippen LogP contribution in [0.5, 0.6) is 0 Å². The van der Waals surface area contributed by atoms with Gasteiger partial charge in [0.1, 0.15) is 0 Å². The van der Waals surface area contributed by atoms with E-state index in [2.05, 4.69) is 11.9 Å². The van der Waals surface area contributed by atoms with E-state index in [0.29, 0.717) is 5.92 Å². The average Bonchev–Trinajstić information content (AvgIpc) is 2.30. The molecule has 0 bridgehead atoms. The summed E-state index contributed by atoms with van der Waals surface area (Å²) in [6, 6.07) is 1.99. The largest absolute Gasteiger partial charge is 0.388 e. The van der Waals surface area contributed by atoms with Crippen LogP contribution in [0.2, 0.25) is 0 Å². The van der Waals surface area contributed by atoms with Gasteiger partial charge in [0.15, 0.2) is 0 Å². The lowest BCUT2D eigenvalue weighted by Gasteiger charge is -2.06. The van der Waals surface area contributed by atoms with Crippen LogP contribution in [-0.2, 0) is 6.42 Å². The molecular weight excluding hydrogens is 138 g/mol. The Morgan fingerprint density at radius 3 is 3.18 bits per heavy atom. The van der Waals surface area contributed by atoms with Gasteiger partial charge in [0.05, 0.1) is 6.10 Å². The second kappa shape index (κ2) is 2.31. The lowest BCUT2D eigenvalue weighted by molar-refractivity contribution is 0.132. The molecule has 58 valence electrons. The highest BCUT2D eigenvalue weighted by atomic mass is 16.3. The fraction of sp³-hybridized carbons (Fsp3) is 0.444. The van der Waals surface area contributed by atoms with E-state index in [-0.39, 0.29) is 6.10 Å². The van der Waals surface area contributed by atoms with Gasteiger partial charge in [0, 0.05) is 18.0 Å². The molecule has 0 saturated carbocycles. The van der Waals surface area contributed by atoms with Gasteiger partial charge in [-0.25, -0.2) is 0 Å². The van der Waals surface area contributed by atoms with E-state index in [0.717, 1.165) is 12.0 Å². The van der Waals surface area contributed by atoms with Gasteiger partial charge in [-0.1, -0.05) is 6.92 Å². The van der Waals surface area contributed by atoms with Crippen LogP contribution in [0.15, 0.2) is 18.5 Å². The number of fused-ring (bicyclic) bond motifs is 1. The van der Waals surface area contributed by atoms with Crippen molar-refractivity contribution < 1.29 is 5.11 Å². The van der Waals surface area contributed by atoms with Crippen LogP contribution in [0, 0.1) is 5.92 Å². The standard InChI is InChI=1S/C9H11NO/c1-6-4-7-2-3-10-5-8(7)9(6)11/h2-3,5-6,9,11H,4H2,1H3. The van der Waals surface area contributed by atoms with Gasteiger partial charge in [0.25, 0.3) is 0 Å². The molecule has 1 aromatic heterocycles. The second-order valence-electron chi connectivity index (χ2n) is 3.20. The molecule has 0 saturated heterocycles. The summed E-state index contributed by atoms with van der Waals surface area (Å²) in [6.45, 7) is 2.06. The fourth-order valence-corrected chi connectivity index (χ4v) is 1.65. The van der Waals surface area contributed by atoms with E-state index in [1.807, 2.05) is 6.07 Å². The first-order chi connectivity index (χ1) is 5.29. The Hall–Kier alpha value is -0.890. The van der Waals surface area contributed by atoms with Gasteiger partial charge in [0.2, 0.25) is 0 Å². The molecule has 0 radical (unpaired) electrons. The Bertz CT molecular complexity index is 272. The summed E-state index contributed by atoms with van der Waals surface area (Å²) in [5.41, 5.74) is 2.26. The number of aliphatic hydroxyl groups is 1. The maximum Gasteiger partial charge on any atom is 0.0836 e. The van der Waals surface area contributed by atoms with Crippen molar-refractivity contribution in [3.8, 4) is 0 Å². The third-order valence-electron chi connectivity index (χ3n) is 2.35. The number of rotatable bonds is 0. The van der Waals surface area contributed by atoms with Gasteiger partial charge in [-0.3, -0.25) is 4.98 Å². The van der Waals surface area contributed by atoms with E-state index < -0.39 is 0 Å². The van der Waals surface area contributed by atoms with E-state index in [1.54, 1.807) is 12.4 Å². The van der Waals surface area contributed by atoms with Crippen molar-refractivity contribution in [3.05, 3.63) is 29.6 Å². The minimum Gasteiger partial charge on any atom is -0.388 e. The van der Waals surface area contributed by atoms with Crippen LogP contribution >= 0.6 is 0 Å². The van der Waals surface area contributed by atoms with Gasteiger partial charge in [-0.05, 0) is 24.0 Å². The van der Waals surface area contributed by atoms with E-state index in [1.165, 1.54) is 5.56 Å². The lowest BCUT2D eigenvalue weighted by atomic mass is 10.1. The Labute approximate surface area is 65.9 Å². The first kappa shape index (κ1) is 6.80. The quantitative estimate of drug-likeness (QED) is 0.603. The van der Waals surface area contributed by atoms with E-state index >= 15 is 0 Å². The van der Waals surface area contributed by atoms with E-state index in [4.69, 9.17) is 0 Å². The van der Waals surface area contributed by atoms with Crippen molar-refractivity contribution >= 4 is 0 Å². The number of aliphatic hydroxyl groups excluding tert-OH is 1. The molecule has 0 spiro atoms. The maximum atomic E-state index is 9.61. The molecule has 2 heteroatoms. The summed E-state index contributed by atoms with van der Waals surface area (Å²) in [6.07, 6.45) is 4.24. The summed E-state index contributed by atoms with van der Waals surface area (Å²) in [7, 11) is 0. The fourth-order valence-electron chi connectivity index (χ4n) is 1.65. The van der Waals surface area contributed by atoms with Gasteiger partial charge in [-0.2, -0.15) is 0 Å². The number of pyridine rings is 1. The van der Waals surface area contributed by atoms with Crippen LogP contribution in [0.4, 0.5) is 0 Å². The monoisotopic (exact) mass is 149 g/mol. The molecule has 2 atom stereocenters. The van der Waals surface area contributed by atoms with Crippen LogP contribution in [0.1, 0.15) is 24.2 Å². The highest BCUT2D eigenvalue weighted by molar-refractivity contribution is 5.31. The van der Waals surface area contributed by atoms with Crippen LogP contribution < -0.4 is 0 Å². The van der Waals surface area contributed by atoms with Crippen molar-refractivity contribution in [2.24, 2.45) is 5.92 Å². The summed E-state index contributed by atoms with van der Waals surface area (Å²) in [4.78, 5) is 3.98. The number of aromatic nitrogens is 1. The summed E-state index contributed by atoms with van der Waals surface area (Å²) in [5.74, 6) is 0.356. The molecule has 2 rings (SSSR count).